The molecule has 0 aliphatic heterocycles. The number of esters is 1. The van der Waals surface area contributed by atoms with Gasteiger partial charge in [0.25, 0.3) is 0 Å². The van der Waals surface area contributed by atoms with Crippen molar-refractivity contribution in [1.29, 1.82) is 0 Å². The molecule has 0 aliphatic rings. The van der Waals surface area contributed by atoms with Crippen LogP contribution in [0, 0.1) is 13.8 Å². The fraction of sp³-hybridized carbons (Fsp3) is 0.222. The van der Waals surface area contributed by atoms with Crippen LogP contribution in [0.2, 0.25) is 0 Å². The van der Waals surface area contributed by atoms with Gasteiger partial charge >= 0.3 is 5.97 Å². The standard InChI is InChI=1S/C27H28O2S/c1-20-14-16-24(17-15-20)30-18-8-12-23(19-22-10-5-4-6-11-22)26-21(2)9-7-13-25(26)27(28)29-3/h4-7,9-11,13-17,19H,8,12,18H2,1-3H3/b23-19-. The fourth-order valence-electron chi connectivity index (χ4n) is 3.48. The van der Waals surface area contributed by atoms with Gasteiger partial charge in [0, 0.05) is 4.90 Å². The minimum Gasteiger partial charge on any atom is -0.465 e. The molecule has 0 aliphatic carbocycles. The Kier molecular flexibility index (Phi) is 7.92. The van der Waals surface area contributed by atoms with Crippen LogP contribution in [0.25, 0.3) is 11.6 Å². The molecule has 154 valence electrons. The van der Waals surface area contributed by atoms with E-state index in [9.17, 15) is 4.79 Å². The first-order valence-corrected chi connectivity index (χ1v) is 11.2. The zero-order valence-electron chi connectivity index (χ0n) is 17.9. The Morgan fingerprint density at radius 3 is 2.37 bits per heavy atom. The molecule has 2 nitrogen and oxygen atoms in total. The lowest BCUT2D eigenvalue weighted by atomic mass is 9.91. The zero-order chi connectivity index (χ0) is 21.3. The average Bonchev–Trinajstić information content (AvgIpc) is 2.77. The van der Waals surface area contributed by atoms with Crippen molar-refractivity contribution in [2.24, 2.45) is 0 Å². The summed E-state index contributed by atoms with van der Waals surface area (Å²) in [6.45, 7) is 4.16. The lowest BCUT2D eigenvalue weighted by molar-refractivity contribution is 0.0600. The van der Waals surface area contributed by atoms with E-state index >= 15 is 0 Å². The predicted molar refractivity (Wildman–Crippen MR) is 128 cm³/mol. The van der Waals surface area contributed by atoms with E-state index in [4.69, 9.17) is 4.74 Å². The van der Waals surface area contributed by atoms with Crippen LogP contribution in [-0.2, 0) is 4.74 Å². The Morgan fingerprint density at radius 1 is 0.933 bits per heavy atom. The quantitative estimate of drug-likeness (QED) is 0.168. The van der Waals surface area contributed by atoms with Crippen LogP contribution in [0.1, 0.15) is 45.5 Å². The molecule has 0 amide bonds. The third kappa shape index (κ3) is 5.87. The number of aryl methyl sites for hydroxylation is 2. The Morgan fingerprint density at radius 2 is 1.67 bits per heavy atom. The Labute approximate surface area is 184 Å². The minimum absolute atomic E-state index is 0.290. The van der Waals surface area contributed by atoms with Crippen LogP contribution in [-0.4, -0.2) is 18.8 Å². The second-order valence-corrected chi connectivity index (χ2v) is 8.50. The smallest absolute Gasteiger partial charge is 0.338 e. The third-order valence-corrected chi connectivity index (χ3v) is 6.12. The summed E-state index contributed by atoms with van der Waals surface area (Å²) in [7, 11) is 1.44. The molecule has 0 unspecified atom stereocenters. The van der Waals surface area contributed by atoms with Gasteiger partial charge in [-0.3, -0.25) is 0 Å². The van der Waals surface area contributed by atoms with Crippen molar-refractivity contribution in [3.63, 3.8) is 0 Å². The molecule has 3 heteroatoms. The summed E-state index contributed by atoms with van der Waals surface area (Å²) in [6, 6.07) is 24.8. The highest BCUT2D eigenvalue weighted by atomic mass is 32.2. The molecule has 30 heavy (non-hydrogen) atoms. The summed E-state index contributed by atoms with van der Waals surface area (Å²) in [4.78, 5) is 13.7. The maximum absolute atomic E-state index is 12.4. The number of allylic oxidation sites excluding steroid dienone is 1. The van der Waals surface area contributed by atoms with E-state index in [2.05, 4.69) is 62.4 Å². The van der Waals surface area contributed by atoms with Crippen molar-refractivity contribution in [1.82, 2.24) is 0 Å². The zero-order valence-corrected chi connectivity index (χ0v) is 18.7. The van der Waals surface area contributed by atoms with Crippen molar-refractivity contribution in [3.8, 4) is 0 Å². The Bertz CT molecular complexity index is 1000. The van der Waals surface area contributed by atoms with Crippen molar-refractivity contribution in [2.75, 3.05) is 12.9 Å². The highest BCUT2D eigenvalue weighted by Crippen LogP contribution is 2.31. The number of benzene rings is 3. The molecule has 0 saturated heterocycles. The van der Waals surface area contributed by atoms with Crippen molar-refractivity contribution >= 4 is 29.4 Å². The van der Waals surface area contributed by atoms with Crippen LogP contribution in [0.4, 0.5) is 0 Å². The largest absolute Gasteiger partial charge is 0.465 e. The molecule has 3 rings (SSSR count). The fourth-order valence-corrected chi connectivity index (χ4v) is 4.33. The SMILES string of the molecule is COC(=O)c1cccc(C)c1/C(=C\c1ccccc1)CCCSc1ccc(C)cc1. The van der Waals surface area contributed by atoms with E-state index in [1.165, 1.54) is 23.1 Å². The van der Waals surface area contributed by atoms with Gasteiger partial charge in [-0.1, -0.05) is 66.2 Å². The number of thioether (sulfide) groups is 1. The molecule has 3 aromatic rings. The molecule has 0 saturated carbocycles. The number of hydrogen-bond acceptors (Lipinski definition) is 3. The first kappa shape index (κ1) is 21.9. The first-order chi connectivity index (χ1) is 14.6. The second-order valence-electron chi connectivity index (χ2n) is 7.33. The summed E-state index contributed by atoms with van der Waals surface area (Å²) in [5.41, 5.74) is 6.30. The summed E-state index contributed by atoms with van der Waals surface area (Å²) < 4.78 is 5.06. The van der Waals surface area contributed by atoms with E-state index in [0.29, 0.717) is 5.56 Å². The van der Waals surface area contributed by atoms with Crippen molar-refractivity contribution < 1.29 is 9.53 Å². The first-order valence-electron chi connectivity index (χ1n) is 10.2. The number of carbonyl (C=O) groups excluding carboxylic acids is 1. The topological polar surface area (TPSA) is 26.3 Å². The molecule has 0 heterocycles. The van der Waals surface area contributed by atoms with E-state index in [1.807, 2.05) is 42.1 Å². The Hall–Kier alpha value is -2.78. The highest BCUT2D eigenvalue weighted by Gasteiger charge is 2.17. The predicted octanol–water partition coefficient (Wildman–Crippen LogP) is 7.20. The van der Waals surface area contributed by atoms with Gasteiger partial charge in [0.1, 0.15) is 0 Å². The second kappa shape index (κ2) is 10.8. The number of hydrogen-bond donors (Lipinski definition) is 0. The van der Waals surface area contributed by atoms with Crippen LogP contribution in [0.15, 0.2) is 77.7 Å². The minimum atomic E-state index is -0.290. The van der Waals surface area contributed by atoms with Crippen LogP contribution >= 0.6 is 11.8 Å². The molecule has 0 spiro atoms. The van der Waals surface area contributed by atoms with Crippen LogP contribution in [0.3, 0.4) is 0 Å². The molecule has 0 aromatic heterocycles. The van der Waals surface area contributed by atoms with E-state index in [-0.39, 0.29) is 5.97 Å². The maximum Gasteiger partial charge on any atom is 0.338 e. The summed E-state index contributed by atoms with van der Waals surface area (Å²) >= 11 is 1.87. The molecule has 0 atom stereocenters. The van der Waals surface area contributed by atoms with Crippen LogP contribution in [0.5, 0.6) is 0 Å². The van der Waals surface area contributed by atoms with Crippen LogP contribution < -0.4 is 0 Å². The Balaban J connectivity index is 1.84. The van der Waals surface area contributed by atoms with Crippen molar-refractivity contribution in [2.45, 2.75) is 31.6 Å². The number of methoxy groups -OCH3 is 1. The van der Waals surface area contributed by atoms with Gasteiger partial charge in [-0.2, -0.15) is 0 Å². The van der Waals surface area contributed by atoms with E-state index in [1.54, 1.807) is 0 Å². The monoisotopic (exact) mass is 416 g/mol. The molecule has 0 bridgehead atoms. The van der Waals surface area contributed by atoms with Gasteiger partial charge in [-0.05, 0) is 72.9 Å². The normalized spacial score (nSPS) is 11.4. The van der Waals surface area contributed by atoms with Gasteiger partial charge < -0.3 is 4.74 Å². The summed E-state index contributed by atoms with van der Waals surface area (Å²) in [6.07, 6.45) is 4.11. The van der Waals surface area contributed by atoms with Gasteiger partial charge in [0.15, 0.2) is 0 Å². The van der Waals surface area contributed by atoms with Gasteiger partial charge in [-0.15, -0.1) is 11.8 Å². The molecular formula is C27H28O2S. The lowest BCUT2D eigenvalue weighted by Crippen LogP contribution is -2.07. The molecular weight excluding hydrogens is 388 g/mol. The molecule has 0 fully saturated rings. The molecule has 3 aromatic carbocycles. The maximum atomic E-state index is 12.4. The van der Waals surface area contributed by atoms with Crippen molar-refractivity contribution in [3.05, 3.63) is 101 Å². The molecule has 0 radical (unpaired) electrons. The average molecular weight is 417 g/mol. The molecule has 0 N–H and O–H groups in total. The summed E-state index contributed by atoms with van der Waals surface area (Å²) in [5, 5.41) is 0. The number of ether oxygens (including phenoxy) is 1. The number of rotatable bonds is 8. The lowest BCUT2D eigenvalue weighted by Gasteiger charge is -2.15. The summed E-state index contributed by atoms with van der Waals surface area (Å²) in [5.74, 6) is 0.732. The van der Waals surface area contributed by atoms with Gasteiger partial charge in [0.2, 0.25) is 0 Å². The van der Waals surface area contributed by atoms with E-state index in [0.717, 1.165) is 35.3 Å². The van der Waals surface area contributed by atoms with Gasteiger partial charge in [-0.25, -0.2) is 4.79 Å². The number of carbonyl (C=O) groups is 1. The highest BCUT2D eigenvalue weighted by molar-refractivity contribution is 7.99. The van der Waals surface area contributed by atoms with Gasteiger partial charge in [0.05, 0.1) is 12.7 Å². The van der Waals surface area contributed by atoms with E-state index < -0.39 is 0 Å². The third-order valence-electron chi connectivity index (χ3n) is 5.02.